The number of rotatable bonds is 11. The standard InChI is InChI=1S/C35H36Cl2FN3O3/c1-22-17-29(36)34(30(37)18-22)44-16-15-43-26-11-12-33(31(38)19-26)40-32-13-14-39-20-28(32)35(42)41(25-9-10-25)21-24-7-4-6-23-5-2-3-8-27(23)24/h2-8,11-12,17-19,25,28,32,39-40H,9-10,13-16,20-21H2,1H3. The second-order valence-electron chi connectivity index (χ2n) is 11.6. The minimum absolute atomic E-state index is 0.110. The minimum Gasteiger partial charge on any atom is -0.490 e. The van der Waals surface area contributed by atoms with Gasteiger partial charge < -0.3 is 25.0 Å². The van der Waals surface area contributed by atoms with Crippen molar-refractivity contribution in [3.8, 4) is 11.5 Å². The van der Waals surface area contributed by atoms with Crippen molar-refractivity contribution in [1.82, 2.24) is 10.2 Å². The summed E-state index contributed by atoms with van der Waals surface area (Å²) in [4.78, 5) is 16.1. The van der Waals surface area contributed by atoms with Gasteiger partial charge in [-0.15, -0.1) is 0 Å². The van der Waals surface area contributed by atoms with E-state index in [1.165, 1.54) is 16.8 Å². The number of carbonyl (C=O) groups excluding carboxylic acids is 1. The summed E-state index contributed by atoms with van der Waals surface area (Å²) >= 11 is 12.5. The van der Waals surface area contributed by atoms with Gasteiger partial charge in [-0.2, -0.15) is 0 Å². The van der Waals surface area contributed by atoms with Gasteiger partial charge in [-0.05, 0) is 78.9 Å². The molecule has 2 fully saturated rings. The third kappa shape index (κ3) is 7.06. The highest BCUT2D eigenvalue weighted by molar-refractivity contribution is 6.37. The summed E-state index contributed by atoms with van der Waals surface area (Å²) in [5.41, 5.74) is 2.44. The van der Waals surface area contributed by atoms with Crippen LogP contribution in [0, 0.1) is 18.7 Å². The molecule has 4 aromatic rings. The smallest absolute Gasteiger partial charge is 0.229 e. The van der Waals surface area contributed by atoms with Gasteiger partial charge in [-0.25, -0.2) is 4.39 Å². The molecule has 2 N–H and O–H groups in total. The number of fused-ring (bicyclic) bond motifs is 1. The van der Waals surface area contributed by atoms with Gasteiger partial charge in [0.2, 0.25) is 5.91 Å². The summed E-state index contributed by atoms with van der Waals surface area (Å²) in [5.74, 6) is 0.140. The van der Waals surface area contributed by atoms with E-state index >= 15 is 4.39 Å². The second-order valence-corrected chi connectivity index (χ2v) is 12.4. The maximum Gasteiger partial charge on any atom is 0.229 e. The van der Waals surface area contributed by atoms with E-state index in [2.05, 4.69) is 41.0 Å². The van der Waals surface area contributed by atoms with E-state index in [-0.39, 0.29) is 37.1 Å². The number of amides is 1. The molecule has 6 rings (SSSR count). The molecule has 0 aromatic heterocycles. The molecule has 2 aliphatic rings. The Balaban J connectivity index is 1.09. The zero-order valence-electron chi connectivity index (χ0n) is 24.6. The zero-order valence-corrected chi connectivity index (χ0v) is 26.1. The van der Waals surface area contributed by atoms with Crippen molar-refractivity contribution in [3.63, 3.8) is 0 Å². The van der Waals surface area contributed by atoms with Gasteiger partial charge in [0.1, 0.15) is 24.8 Å². The number of nitrogens with zero attached hydrogens (tertiary/aromatic N) is 1. The zero-order chi connectivity index (χ0) is 30.6. The third-order valence-electron chi connectivity index (χ3n) is 8.31. The number of anilines is 1. The van der Waals surface area contributed by atoms with Crippen molar-refractivity contribution < 1.29 is 18.7 Å². The lowest BCUT2D eigenvalue weighted by atomic mass is 9.91. The highest BCUT2D eigenvalue weighted by Crippen LogP contribution is 2.35. The fraction of sp³-hybridized carbons (Fsp3) is 0.343. The molecular weight excluding hydrogens is 600 g/mol. The van der Waals surface area contributed by atoms with Crippen LogP contribution in [-0.4, -0.2) is 49.2 Å². The van der Waals surface area contributed by atoms with Crippen LogP contribution >= 0.6 is 23.2 Å². The van der Waals surface area contributed by atoms with Crippen molar-refractivity contribution >= 4 is 45.6 Å². The number of halogens is 3. The van der Waals surface area contributed by atoms with E-state index < -0.39 is 5.82 Å². The van der Waals surface area contributed by atoms with Gasteiger partial charge in [-0.1, -0.05) is 65.7 Å². The Hall–Kier alpha value is -3.52. The molecule has 2 atom stereocenters. The SMILES string of the molecule is Cc1cc(Cl)c(OCCOc2ccc(NC3CCNCC3C(=O)N(Cc3cccc4ccccc34)C3CC3)c(F)c2)c(Cl)c1. The number of hydrogen-bond acceptors (Lipinski definition) is 5. The number of aryl methyl sites for hydroxylation is 1. The number of carbonyl (C=O) groups is 1. The first-order valence-electron chi connectivity index (χ1n) is 15.1. The average Bonchev–Trinajstić information content (AvgIpc) is 3.86. The van der Waals surface area contributed by atoms with Crippen molar-refractivity contribution in [2.75, 3.05) is 31.6 Å². The van der Waals surface area contributed by atoms with Crippen LogP contribution in [-0.2, 0) is 11.3 Å². The summed E-state index contributed by atoms with van der Waals surface area (Å²) in [7, 11) is 0. The van der Waals surface area contributed by atoms with Crippen LogP contribution in [0.1, 0.15) is 30.4 Å². The van der Waals surface area contributed by atoms with Gasteiger partial charge in [0, 0.05) is 31.2 Å². The Morgan fingerprint density at radius 3 is 2.50 bits per heavy atom. The van der Waals surface area contributed by atoms with Crippen molar-refractivity contribution in [2.45, 2.75) is 44.8 Å². The molecule has 230 valence electrons. The van der Waals surface area contributed by atoms with E-state index in [1.807, 2.05) is 24.0 Å². The quantitative estimate of drug-likeness (QED) is 0.166. The Morgan fingerprint density at radius 1 is 0.977 bits per heavy atom. The summed E-state index contributed by atoms with van der Waals surface area (Å²) < 4.78 is 26.7. The Labute approximate surface area is 267 Å². The molecule has 1 heterocycles. The van der Waals surface area contributed by atoms with Crippen LogP contribution < -0.4 is 20.1 Å². The molecule has 1 aliphatic carbocycles. The van der Waals surface area contributed by atoms with Gasteiger partial charge in [0.25, 0.3) is 0 Å². The molecule has 1 amide bonds. The van der Waals surface area contributed by atoms with Crippen LogP contribution in [0.25, 0.3) is 10.8 Å². The molecule has 44 heavy (non-hydrogen) atoms. The van der Waals surface area contributed by atoms with Crippen LogP contribution in [0.4, 0.5) is 10.1 Å². The summed E-state index contributed by atoms with van der Waals surface area (Å²) in [6.45, 7) is 4.15. The molecule has 0 radical (unpaired) electrons. The maximum atomic E-state index is 15.3. The first kappa shape index (κ1) is 30.5. The first-order valence-corrected chi connectivity index (χ1v) is 15.9. The highest BCUT2D eigenvalue weighted by Gasteiger charge is 2.40. The summed E-state index contributed by atoms with van der Waals surface area (Å²) in [5, 5.41) is 9.93. The molecule has 2 unspecified atom stereocenters. The predicted molar refractivity (Wildman–Crippen MR) is 174 cm³/mol. The topological polar surface area (TPSA) is 62.8 Å². The third-order valence-corrected chi connectivity index (χ3v) is 8.87. The normalized spacial score (nSPS) is 18.2. The molecule has 1 aliphatic heterocycles. The van der Waals surface area contributed by atoms with E-state index in [4.69, 9.17) is 32.7 Å². The van der Waals surface area contributed by atoms with E-state index in [0.29, 0.717) is 46.7 Å². The van der Waals surface area contributed by atoms with Gasteiger partial charge >= 0.3 is 0 Å². The van der Waals surface area contributed by atoms with Gasteiger partial charge in [-0.3, -0.25) is 4.79 Å². The predicted octanol–water partition coefficient (Wildman–Crippen LogP) is 7.63. The van der Waals surface area contributed by atoms with Crippen LogP contribution in [0.5, 0.6) is 11.5 Å². The minimum atomic E-state index is -0.437. The molecule has 0 bridgehead atoms. The first-order chi connectivity index (χ1) is 21.4. The van der Waals surface area contributed by atoms with Crippen LogP contribution in [0.2, 0.25) is 10.0 Å². The lowest BCUT2D eigenvalue weighted by Crippen LogP contribution is -2.52. The number of hydrogen-bond donors (Lipinski definition) is 2. The number of piperidine rings is 1. The maximum absolute atomic E-state index is 15.3. The van der Waals surface area contributed by atoms with Crippen molar-refractivity contribution in [2.24, 2.45) is 5.92 Å². The van der Waals surface area contributed by atoms with Gasteiger partial charge in [0.15, 0.2) is 5.75 Å². The fourth-order valence-electron chi connectivity index (χ4n) is 5.92. The largest absolute Gasteiger partial charge is 0.490 e. The van der Waals surface area contributed by atoms with E-state index in [0.717, 1.165) is 30.5 Å². The average molecular weight is 637 g/mol. The molecule has 6 nitrogen and oxygen atoms in total. The summed E-state index contributed by atoms with van der Waals surface area (Å²) in [6, 6.07) is 22.9. The lowest BCUT2D eigenvalue weighted by Gasteiger charge is -2.36. The second kappa shape index (κ2) is 13.6. The molecule has 0 spiro atoms. The number of ether oxygens (including phenoxy) is 2. The lowest BCUT2D eigenvalue weighted by molar-refractivity contribution is -0.137. The Bertz CT molecular complexity index is 1620. The van der Waals surface area contributed by atoms with Crippen molar-refractivity contribution in [3.05, 3.63) is 99.8 Å². The van der Waals surface area contributed by atoms with Crippen molar-refractivity contribution in [1.29, 1.82) is 0 Å². The monoisotopic (exact) mass is 635 g/mol. The molecule has 1 saturated heterocycles. The molecule has 4 aromatic carbocycles. The molecule has 1 saturated carbocycles. The van der Waals surface area contributed by atoms with E-state index in [9.17, 15) is 4.79 Å². The number of nitrogens with one attached hydrogen (secondary N) is 2. The van der Waals surface area contributed by atoms with Crippen LogP contribution in [0.15, 0.2) is 72.8 Å². The van der Waals surface area contributed by atoms with E-state index in [1.54, 1.807) is 24.3 Å². The van der Waals surface area contributed by atoms with Gasteiger partial charge in [0.05, 0.1) is 21.7 Å². The molecule has 9 heteroatoms. The number of benzene rings is 4. The summed E-state index contributed by atoms with van der Waals surface area (Å²) in [6.07, 6.45) is 2.74. The fourth-order valence-corrected chi connectivity index (χ4v) is 6.63. The highest BCUT2D eigenvalue weighted by atomic mass is 35.5. The Morgan fingerprint density at radius 2 is 1.73 bits per heavy atom. The Kier molecular flexibility index (Phi) is 9.45. The van der Waals surface area contributed by atoms with Crippen LogP contribution in [0.3, 0.4) is 0 Å². The molecular formula is C35H36Cl2FN3O3.